The van der Waals surface area contributed by atoms with E-state index < -0.39 is 5.60 Å². The number of methoxy groups -OCH3 is 1. The van der Waals surface area contributed by atoms with Crippen LogP contribution >= 0.6 is 0 Å². The molecular weight excluding hydrogens is 398 g/mol. The Labute approximate surface area is 191 Å². The standard InChI is InChI=1S/C28H35NO3/c1-20(2)22-14-11-21(12-15-22)13-16-26(30)29-19-18-28(31)17-7-6-9-24(28)27(29)23-8-4-5-10-25(23)32-3/h4-5,8,10-16,20,24,27,31H,6-7,9,17-19H2,1-3H3/b16-13+/t24-,27+,28+/m1/s1. The molecule has 2 aromatic rings. The van der Waals surface area contributed by atoms with Crippen LogP contribution in [0.4, 0.5) is 0 Å². The first-order chi connectivity index (χ1) is 15.4. The molecule has 0 bridgehead atoms. The predicted molar refractivity (Wildman–Crippen MR) is 129 cm³/mol. The average molecular weight is 434 g/mol. The minimum Gasteiger partial charge on any atom is -0.496 e. The molecule has 170 valence electrons. The zero-order valence-corrected chi connectivity index (χ0v) is 19.5. The van der Waals surface area contributed by atoms with E-state index >= 15 is 0 Å². The summed E-state index contributed by atoms with van der Waals surface area (Å²) < 4.78 is 5.66. The van der Waals surface area contributed by atoms with E-state index in [0.717, 1.165) is 42.6 Å². The van der Waals surface area contributed by atoms with E-state index in [0.29, 0.717) is 18.9 Å². The summed E-state index contributed by atoms with van der Waals surface area (Å²) in [6.45, 7) is 4.90. The summed E-state index contributed by atoms with van der Waals surface area (Å²) in [5, 5.41) is 11.5. The fourth-order valence-corrected chi connectivity index (χ4v) is 5.48. The number of benzene rings is 2. The van der Waals surface area contributed by atoms with Crippen LogP contribution in [0.5, 0.6) is 5.75 Å². The lowest BCUT2D eigenvalue weighted by molar-refractivity contribution is -0.151. The number of amides is 1. The Morgan fingerprint density at radius 1 is 1.12 bits per heavy atom. The first kappa shape index (κ1) is 22.6. The van der Waals surface area contributed by atoms with Gasteiger partial charge in [0.1, 0.15) is 5.75 Å². The van der Waals surface area contributed by atoms with Gasteiger partial charge in [0.05, 0.1) is 18.8 Å². The van der Waals surface area contributed by atoms with Gasteiger partial charge in [0, 0.05) is 24.1 Å². The number of hydrogen-bond acceptors (Lipinski definition) is 3. The predicted octanol–water partition coefficient (Wildman–Crippen LogP) is 5.73. The van der Waals surface area contributed by atoms with Crippen molar-refractivity contribution in [3.05, 3.63) is 71.3 Å². The average Bonchev–Trinajstić information content (AvgIpc) is 2.81. The van der Waals surface area contributed by atoms with Gasteiger partial charge >= 0.3 is 0 Å². The van der Waals surface area contributed by atoms with Crippen molar-refractivity contribution in [1.29, 1.82) is 0 Å². The number of nitrogens with zero attached hydrogens (tertiary/aromatic N) is 1. The van der Waals surface area contributed by atoms with Crippen LogP contribution in [0.3, 0.4) is 0 Å². The topological polar surface area (TPSA) is 49.8 Å². The minimum absolute atomic E-state index is 0.0125. The van der Waals surface area contributed by atoms with Crippen molar-refractivity contribution >= 4 is 12.0 Å². The van der Waals surface area contributed by atoms with Crippen LogP contribution in [-0.4, -0.2) is 35.2 Å². The SMILES string of the molecule is COc1ccccc1[C@H]1[C@H]2CCCC[C@]2(O)CCN1C(=O)/C=C/c1ccc(C(C)C)cc1. The highest BCUT2D eigenvalue weighted by Gasteiger charge is 2.50. The Morgan fingerprint density at radius 2 is 1.88 bits per heavy atom. The fourth-order valence-electron chi connectivity index (χ4n) is 5.48. The van der Waals surface area contributed by atoms with Gasteiger partial charge in [-0.15, -0.1) is 0 Å². The van der Waals surface area contributed by atoms with Gasteiger partial charge < -0.3 is 14.7 Å². The molecule has 0 spiro atoms. The Kier molecular flexibility index (Phi) is 6.71. The normalized spacial score (nSPS) is 25.7. The Bertz CT molecular complexity index is 965. The van der Waals surface area contributed by atoms with Gasteiger partial charge in [-0.05, 0) is 48.4 Å². The molecule has 2 aliphatic rings. The van der Waals surface area contributed by atoms with E-state index in [2.05, 4.69) is 38.1 Å². The highest BCUT2D eigenvalue weighted by molar-refractivity contribution is 5.92. The molecule has 4 nitrogen and oxygen atoms in total. The van der Waals surface area contributed by atoms with E-state index in [-0.39, 0.29) is 17.9 Å². The largest absolute Gasteiger partial charge is 0.496 e. The molecule has 1 amide bonds. The maximum absolute atomic E-state index is 13.4. The second kappa shape index (κ2) is 9.50. The molecule has 0 radical (unpaired) electrons. The molecule has 1 N–H and O–H groups in total. The summed E-state index contributed by atoms with van der Waals surface area (Å²) >= 11 is 0. The van der Waals surface area contributed by atoms with Crippen molar-refractivity contribution in [2.45, 2.75) is 63.5 Å². The molecular formula is C28H35NO3. The number of likely N-dealkylation sites (tertiary alicyclic amines) is 1. The molecule has 1 heterocycles. The summed E-state index contributed by atoms with van der Waals surface area (Å²) in [4.78, 5) is 15.4. The Morgan fingerprint density at radius 3 is 2.59 bits per heavy atom. The zero-order valence-electron chi connectivity index (χ0n) is 19.5. The lowest BCUT2D eigenvalue weighted by Crippen LogP contribution is -2.56. The Hall–Kier alpha value is -2.59. The number of ether oxygens (including phenoxy) is 1. The molecule has 4 rings (SSSR count). The number of rotatable bonds is 5. The fraction of sp³-hybridized carbons (Fsp3) is 0.464. The highest BCUT2D eigenvalue weighted by Crippen LogP contribution is 2.50. The molecule has 1 aliphatic heterocycles. The maximum Gasteiger partial charge on any atom is 0.247 e. The monoisotopic (exact) mass is 433 g/mol. The third kappa shape index (κ3) is 4.47. The van der Waals surface area contributed by atoms with Crippen molar-refractivity contribution in [2.75, 3.05) is 13.7 Å². The van der Waals surface area contributed by atoms with Crippen LogP contribution < -0.4 is 4.74 Å². The number of piperidine rings is 1. The summed E-state index contributed by atoms with van der Waals surface area (Å²) in [5.74, 6) is 1.27. The molecule has 1 saturated carbocycles. The highest BCUT2D eigenvalue weighted by atomic mass is 16.5. The van der Waals surface area contributed by atoms with Crippen molar-refractivity contribution < 1.29 is 14.6 Å². The van der Waals surface area contributed by atoms with Gasteiger partial charge in [-0.1, -0.05) is 69.2 Å². The first-order valence-electron chi connectivity index (χ1n) is 11.9. The molecule has 2 fully saturated rings. The van der Waals surface area contributed by atoms with Gasteiger partial charge in [0.25, 0.3) is 0 Å². The van der Waals surface area contributed by atoms with Crippen molar-refractivity contribution in [1.82, 2.24) is 4.90 Å². The molecule has 1 aliphatic carbocycles. The van der Waals surface area contributed by atoms with Crippen molar-refractivity contribution in [3.8, 4) is 5.75 Å². The van der Waals surface area contributed by atoms with Gasteiger partial charge in [0.2, 0.25) is 5.91 Å². The molecule has 3 atom stereocenters. The van der Waals surface area contributed by atoms with Crippen LogP contribution in [0, 0.1) is 5.92 Å². The molecule has 4 heteroatoms. The molecule has 2 aromatic carbocycles. The lowest BCUT2D eigenvalue weighted by atomic mass is 9.66. The van der Waals surface area contributed by atoms with Gasteiger partial charge in [0.15, 0.2) is 0 Å². The second-order valence-corrected chi connectivity index (χ2v) is 9.58. The number of para-hydroxylation sites is 1. The molecule has 0 unspecified atom stereocenters. The maximum atomic E-state index is 13.4. The van der Waals surface area contributed by atoms with Crippen molar-refractivity contribution in [2.24, 2.45) is 5.92 Å². The number of fused-ring (bicyclic) bond motifs is 1. The van der Waals surface area contributed by atoms with Crippen LogP contribution in [-0.2, 0) is 4.79 Å². The second-order valence-electron chi connectivity index (χ2n) is 9.58. The number of aliphatic hydroxyl groups is 1. The number of carbonyl (C=O) groups excluding carboxylic acids is 1. The minimum atomic E-state index is -0.711. The van der Waals surface area contributed by atoms with E-state index in [1.165, 1.54) is 5.56 Å². The van der Waals surface area contributed by atoms with Crippen molar-refractivity contribution in [3.63, 3.8) is 0 Å². The van der Waals surface area contributed by atoms with Crippen LogP contribution in [0.2, 0.25) is 0 Å². The first-order valence-corrected chi connectivity index (χ1v) is 11.9. The summed E-state index contributed by atoms with van der Waals surface area (Å²) in [6, 6.07) is 16.1. The molecule has 1 saturated heterocycles. The lowest BCUT2D eigenvalue weighted by Gasteiger charge is -2.52. The Balaban J connectivity index is 1.64. The van der Waals surface area contributed by atoms with E-state index in [1.54, 1.807) is 13.2 Å². The van der Waals surface area contributed by atoms with Crippen LogP contribution in [0.1, 0.15) is 74.6 Å². The summed E-state index contributed by atoms with van der Waals surface area (Å²) in [6.07, 6.45) is 8.07. The van der Waals surface area contributed by atoms with E-state index in [4.69, 9.17) is 4.74 Å². The van der Waals surface area contributed by atoms with E-state index in [9.17, 15) is 9.90 Å². The number of carbonyl (C=O) groups is 1. The van der Waals surface area contributed by atoms with Gasteiger partial charge in [-0.25, -0.2) is 0 Å². The van der Waals surface area contributed by atoms with Crippen LogP contribution in [0.15, 0.2) is 54.6 Å². The quantitative estimate of drug-likeness (QED) is 0.613. The van der Waals surface area contributed by atoms with Gasteiger partial charge in [-0.2, -0.15) is 0 Å². The molecule has 0 aromatic heterocycles. The van der Waals surface area contributed by atoms with Crippen LogP contribution in [0.25, 0.3) is 6.08 Å². The number of hydrogen-bond donors (Lipinski definition) is 1. The third-order valence-electron chi connectivity index (χ3n) is 7.33. The van der Waals surface area contributed by atoms with Gasteiger partial charge in [-0.3, -0.25) is 4.79 Å². The molecule has 32 heavy (non-hydrogen) atoms. The van der Waals surface area contributed by atoms with E-state index in [1.807, 2.05) is 35.2 Å². The third-order valence-corrected chi connectivity index (χ3v) is 7.33. The zero-order chi connectivity index (χ0) is 22.7. The summed E-state index contributed by atoms with van der Waals surface area (Å²) in [7, 11) is 1.67. The summed E-state index contributed by atoms with van der Waals surface area (Å²) in [5.41, 5.74) is 2.58. The smallest absolute Gasteiger partial charge is 0.247 e.